The van der Waals surface area contributed by atoms with Gasteiger partial charge in [0.15, 0.2) is 5.76 Å². The van der Waals surface area contributed by atoms with Gasteiger partial charge in [-0.05, 0) is 68.1 Å². The molecule has 0 radical (unpaired) electrons. The minimum atomic E-state index is -0.105. The minimum absolute atomic E-state index is 0.105. The minimum Gasteiger partial charge on any atom is -0.359 e. The number of rotatable bonds is 5. The summed E-state index contributed by atoms with van der Waals surface area (Å²) in [6, 6.07) is 14.6. The molecule has 152 valence electrons. The maximum atomic E-state index is 13.2. The second-order valence-corrected chi connectivity index (χ2v) is 7.88. The Morgan fingerprint density at radius 2 is 1.93 bits per heavy atom. The van der Waals surface area contributed by atoms with E-state index in [4.69, 9.17) is 4.52 Å². The number of anilines is 1. The second kappa shape index (κ2) is 8.66. The van der Waals surface area contributed by atoms with Crippen molar-refractivity contribution < 1.29 is 9.32 Å². The van der Waals surface area contributed by atoms with Crippen LogP contribution in [0.25, 0.3) is 10.8 Å². The number of amides is 2. The van der Waals surface area contributed by atoms with Gasteiger partial charge in [-0.2, -0.15) is 0 Å². The number of benzene rings is 2. The number of urea groups is 1. The van der Waals surface area contributed by atoms with Gasteiger partial charge < -0.3 is 20.1 Å². The molecule has 2 heterocycles. The molecule has 2 amide bonds. The third-order valence-corrected chi connectivity index (χ3v) is 5.68. The standard InChI is InChI=1S/C23H28N4O2/c1-16-22(17(2)29-26-16)25-23(28)27(14-18-9-11-24-12-10-18)15-19-7-8-20-5-3-4-6-21(20)13-19/h3-8,13,18,24H,9-12,14-15H2,1-2H3,(H,25,28). The molecule has 2 aromatic carbocycles. The maximum Gasteiger partial charge on any atom is 0.322 e. The van der Waals surface area contributed by atoms with E-state index in [0.717, 1.165) is 38.0 Å². The molecule has 0 unspecified atom stereocenters. The van der Waals surface area contributed by atoms with E-state index in [2.05, 4.69) is 46.1 Å². The molecule has 2 N–H and O–H groups in total. The molecule has 1 aromatic heterocycles. The smallest absolute Gasteiger partial charge is 0.322 e. The third-order valence-electron chi connectivity index (χ3n) is 5.68. The van der Waals surface area contributed by atoms with Crippen molar-refractivity contribution in [2.45, 2.75) is 33.2 Å². The SMILES string of the molecule is Cc1noc(C)c1NC(=O)N(Cc1ccc2ccccc2c1)CC1CCNCC1. The fourth-order valence-corrected chi connectivity index (χ4v) is 4.00. The Balaban J connectivity index is 1.55. The van der Waals surface area contributed by atoms with Crippen LogP contribution in [0.1, 0.15) is 29.9 Å². The van der Waals surface area contributed by atoms with Crippen molar-refractivity contribution in [3.8, 4) is 0 Å². The summed E-state index contributed by atoms with van der Waals surface area (Å²) in [7, 11) is 0. The number of carbonyl (C=O) groups excluding carboxylic acids is 1. The van der Waals surface area contributed by atoms with Crippen LogP contribution in [0.5, 0.6) is 0 Å². The van der Waals surface area contributed by atoms with E-state index < -0.39 is 0 Å². The van der Waals surface area contributed by atoms with Crippen molar-refractivity contribution in [3.05, 3.63) is 59.5 Å². The van der Waals surface area contributed by atoms with E-state index in [9.17, 15) is 4.79 Å². The van der Waals surface area contributed by atoms with Crippen LogP contribution >= 0.6 is 0 Å². The van der Waals surface area contributed by atoms with Crippen LogP contribution in [0.2, 0.25) is 0 Å². The summed E-state index contributed by atoms with van der Waals surface area (Å²) in [5.74, 6) is 1.13. The molecule has 1 aliphatic heterocycles. The number of hydrogen-bond donors (Lipinski definition) is 2. The van der Waals surface area contributed by atoms with Crippen LogP contribution < -0.4 is 10.6 Å². The van der Waals surface area contributed by atoms with Crippen LogP contribution in [0.15, 0.2) is 47.0 Å². The largest absolute Gasteiger partial charge is 0.359 e. The van der Waals surface area contributed by atoms with Gasteiger partial charge in [0.25, 0.3) is 0 Å². The Kier molecular flexibility index (Phi) is 5.81. The van der Waals surface area contributed by atoms with Crippen LogP contribution in [-0.2, 0) is 6.54 Å². The highest BCUT2D eigenvalue weighted by molar-refractivity contribution is 5.90. The van der Waals surface area contributed by atoms with Gasteiger partial charge >= 0.3 is 6.03 Å². The topological polar surface area (TPSA) is 70.4 Å². The number of piperidine rings is 1. The van der Waals surface area contributed by atoms with Gasteiger partial charge in [-0.25, -0.2) is 4.79 Å². The zero-order valence-corrected chi connectivity index (χ0v) is 17.1. The molecule has 1 aliphatic rings. The number of nitrogens with one attached hydrogen (secondary N) is 2. The molecule has 1 saturated heterocycles. The lowest BCUT2D eigenvalue weighted by Crippen LogP contribution is -2.41. The Labute approximate surface area is 171 Å². The Morgan fingerprint density at radius 1 is 1.17 bits per heavy atom. The molecule has 0 saturated carbocycles. The van der Waals surface area contributed by atoms with Gasteiger partial charge in [-0.3, -0.25) is 0 Å². The normalized spacial score (nSPS) is 14.8. The Morgan fingerprint density at radius 3 is 2.66 bits per heavy atom. The van der Waals surface area contributed by atoms with Crippen LogP contribution in [-0.4, -0.2) is 35.7 Å². The van der Waals surface area contributed by atoms with Gasteiger partial charge in [0.2, 0.25) is 0 Å². The number of nitrogens with zero attached hydrogens (tertiary/aromatic N) is 2. The van der Waals surface area contributed by atoms with Crippen molar-refractivity contribution in [1.29, 1.82) is 0 Å². The summed E-state index contributed by atoms with van der Waals surface area (Å²) < 4.78 is 5.20. The number of fused-ring (bicyclic) bond motifs is 1. The van der Waals surface area contributed by atoms with E-state index >= 15 is 0 Å². The van der Waals surface area contributed by atoms with E-state index in [-0.39, 0.29) is 6.03 Å². The summed E-state index contributed by atoms with van der Waals surface area (Å²) in [5.41, 5.74) is 2.50. The lowest BCUT2D eigenvalue weighted by molar-refractivity contribution is 0.189. The molecule has 0 spiro atoms. The quantitative estimate of drug-likeness (QED) is 0.672. The first-order valence-corrected chi connectivity index (χ1v) is 10.3. The van der Waals surface area contributed by atoms with Crippen molar-refractivity contribution in [2.24, 2.45) is 5.92 Å². The first-order valence-electron chi connectivity index (χ1n) is 10.3. The molecule has 3 aromatic rings. The van der Waals surface area contributed by atoms with E-state index in [1.165, 1.54) is 10.8 Å². The number of hydrogen-bond acceptors (Lipinski definition) is 4. The van der Waals surface area contributed by atoms with Crippen molar-refractivity contribution in [3.63, 3.8) is 0 Å². The lowest BCUT2D eigenvalue weighted by atomic mass is 9.97. The average Bonchev–Trinajstić information content (AvgIpc) is 3.06. The average molecular weight is 393 g/mol. The van der Waals surface area contributed by atoms with Gasteiger partial charge in [0.05, 0.1) is 0 Å². The zero-order valence-electron chi connectivity index (χ0n) is 17.1. The molecule has 6 nitrogen and oxygen atoms in total. The Hall–Kier alpha value is -2.86. The number of aromatic nitrogens is 1. The van der Waals surface area contributed by atoms with Crippen LogP contribution in [0.4, 0.5) is 10.5 Å². The molecule has 1 fully saturated rings. The van der Waals surface area contributed by atoms with Gasteiger partial charge in [0, 0.05) is 13.1 Å². The summed E-state index contributed by atoms with van der Waals surface area (Å²) in [6.45, 7) is 7.00. The summed E-state index contributed by atoms with van der Waals surface area (Å²) >= 11 is 0. The highest BCUT2D eigenvalue weighted by Crippen LogP contribution is 2.22. The van der Waals surface area contributed by atoms with Crippen molar-refractivity contribution in [1.82, 2.24) is 15.4 Å². The highest BCUT2D eigenvalue weighted by atomic mass is 16.5. The van der Waals surface area contributed by atoms with Gasteiger partial charge in [-0.1, -0.05) is 41.6 Å². The zero-order chi connectivity index (χ0) is 20.2. The fraction of sp³-hybridized carbons (Fsp3) is 0.391. The van der Waals surface area contributed by atoms with E-state index in [1.807, 2.05) is 30.9 Å². The molecule has 0 aliphatic carbocycles. The fourth-order valence-electron chi connectivity index (χ4n) is 4.00. The summed E-state index contributed by atoms with van der Waals surface area (Å²) in [4.78, 5) is 15.1. The van der Waals surface area contributed by atoms with Gasteiger partial charge in [-0.15, -0.1) is 0 Å². The van der Waals surface area contributed by atoms with Crippen LogP contribution in [0, 0.1) is 19.8 Å². The molecular formula is C23H28N4O2. The molecule has 0 bridgehead atoms. The molecular weight excluding hydrogens is 364 g/mol. The molecule has 29 heavy (non-hydrogen) atoms. The van der Waals surface area contributed by atoms with Gasteiger partial charge in [0.1, 0.15) is 11.4 Å². The van der Waals surface area contributed by atoms with Crippen LogP contribution in [0.3, 0.4) is 0 Å². The first-order chi connectivity index (χ1) is 14.1. The second-order valence-electron chi connectivity index (χ2n) is 7.88. The number of aryl methyl sites for hydroxylation is 2. The predicted octanol–water partition coefficient (Wildman–Crippen LogP) is 4.48. The Bertz CT molecular complexity index is 972. The first kappa shape index (κ1) is 19.5. The maximum absolute atomic E-state index is 13.2. The highest BCUT2D eigenvalue weighted by Gasteiger charge is 2.23. The third kappa shape index (κ3) is 4.59. The predicted molar refractivity (Wildman–Crippen MR) is 115 cm³/mol. The summed E-state index contributed by atoms with van der Waals surface area (Å²) in [6.07, 6.45) is 2.18. The summed E-state index contributed by atoms with van der Waals surface area (Å²) in [5, 5.41) is 12.8. The molecule has 6 heteroatoms. The van der Waals surface area contributed by atoms with E-state index in [1.54, 1.807) is 0 Å². The van der Waals surface area contributed by atoms with Crippen molar-refractivity contribution in [2.75, 3.05) is 25.0 Å². The molecule has 4 rings (SSSR count). The van der Waals surface area contributed by atoms with E-state index in [0.29, 0.717) is 29.6 Å². The monoisotopic (exact) mass is 392 g/mol. The number of carbonyl (C=O) groups is 1. The van der Waals surface area contributed by atoms with Crippen molar-refractivity contribution >= 4 is 22.5 Å². The lowest BCUT2D eigenvalue weighted by Gasteiger charge is -2.30. The molecule has 0 atom stereocenters.